The van der Waals surface area contributed by atoms with Gasteiger partial charge < -0.3 is 15.2 Å². The average Bonchev–Trinajstić information content (AvgIpc) is 3.37. The van der Waals surface area contributed by atoms with Crippen molar-refractivity contribution in [3.05, 3.63) is 48.5 Å². The second-order valence-corrected chi connectivity index (χ2v) is 8.76. The van der Waals surface area contributed by atoms with Crippen LogP contribution in [0.15, 0.2) is 58.5 Å². The molecule has 0 fully saturated rings. The summed E-state index contributed by atoms with van der Waals surface area (Å²) >= 11 is 0. The predicted molar refractivity (Wildman–Crippen MR) is 118 cm³/mol. The molecule has 0 aliphatic carbocycles. The van der Waals surface area contributed by atoms with Crippen LogP contribution in [-0.4, -0.2) is 50.7 Å². The number of fused-ring (bicyclic) bond motifs is 3. The van der Waals surface area contributed by atoms with Gasteiger partial charge in [-0.3, -0.25) is 9.35 Å². The van der Waals surface area contributed by atoms with Crippen molar-refractivity contribution in [2.45, 2.75) is 11.3 Å². The van der Waals surface area contributed by atoms with E-state index in [9.17, 15) is 27.7 Å². The molecule has 5 rings (SSSR count). The van der Waals surface area contributed by atoms with Crippen molar-refractivity contribution in [3.63, 3.8) is 0 Å². The Morgan fingerprint density at radius 2 is 1.79 bits per heavy atom. The maximum absolute atomic E-state index is 12.1. The molecule has 2 heterocycles. The number of carbonyl (C=O) groups is 2. The molecule has 0 saturated carbocycles. The minimum atomic E-state index is -4.53. The van der Waals surface area contributed by atoms with Gasteiger partial charge in [0.1, 0.15) is 11.6 Å². The number of hydrazone groups is 1. The SMILES string of the molecule is O=C(O)C1=NN(c2ccc(-c3nc4ccc5c(O)cc(S(=O)(=O)O)cc5c4[nH]3)cc2)C(=O)C1. The van der Waals surface area contributed by atoms with E-state index < -0.39 is 26.9 Å². The molecule has 33 heavy (non-hydrogen) atoms. The van der Waals surface area contributed by atoms with E-state index in [4.69, 9.17) is 5.11 Å². The summed E-state index contributed by atoms with van der Waals surface area (Å²) in [6.45, 7) is 0. The number of imidazole rings is 1. The van der Waals surface area contributed by atoms with Gasteiger partial charge in [-0.05, 0) is 42.5 Å². The fraction of sp³-hybridized carbons (Fsp3) is 0.0476. The summed E-state index contributed by atoms with van der Waals surface area (Å²) in [5.41, 5.74) is 1.74. The van der Waals surface area contributed by atoms with Crippen LogP contribution in [0.25, 0.3) is 33.2 Å². The predicted octanol–water partition coefficient (Wildman–Crippen LogP) is 2.51. The van der Waals surface area contributed by atoms with E-state index in [0.717, 1.165) is 11.1 Å². The van der Waals surface area contributed by atoms with Crippen LogP contribution in [0.1, 0.15) is 6.42 Å². The highest BCUT2D eigenvalue weighted by molar-refractivity contribution is 7.85. The number of carbonyl (C=O) groups excluding carboxylic acids is 1. The summed E-state index contributed by atoms with van der Waals surface area (Å²) in [7, 11) is -4.53. The Morgan fingerprint density at radius 3 is 2.42 bits per heavy atom. The van der Waals surface area contributed by atoms with Crippen LogP contribution in [0.3, 0.4) is 0 Å². The van der Waals surface area contributed by atoms with E-state index >= 15 is 0 Å². The quantitative estimate of drug-likeness (QED) is 0.332. The number of phenolic OH excluding ortho intramolecular Hbond substituents is 1. The van der Waals surface area contributed by atoms with Crippen LogP contribution in [0.5, 0.6) is 5.75 Å². The van der Waals surface area contributed by atoms with Gasteiger partial charge in [-0.25, -0.2) is 9.78 Å². The number of benzene rings is 3. The van der Waals surface area contributed by atoms with Gasteiger partial charge >= 0.3 is 5.97 Å². The fourth-order valence-corrected chi connectivity index (χ4v) is 4.19. The molecular formula is C21H14N4O7S. The molecule has 0 saturated heterocycles. The number of carboxylic acid groups (broad SMARTS) is 1. The van der Waals surface area contributed by atoms with E-state index in [1.54, 1.807) is 36.4 Å². The van der Waals surface area contributed by atoms with Gasteiger partial charge in [0, 0.05) is 22.4 Å². The lowest BCUT2D eigenvalue weighted by Crippen LogP contribution is -2.19. The number of anilines is 1. The maximum Gasteiger partial charge on any atom is 0.352 e. The number of rotatable bonds is 4. The van der Waals surface area contributed by atoms with Crippen molar-refractivity contribution in [3.8, 4) is 17.1 Å². The number of H-pyrrole nitrogens is 1. The van der Waals surface area contributed by atoms with Crippen molar-refractivity contribution < 1.29 is 32.8 Å². The van der Waals surface area contributed by atoms with Gasteiger partial charge in [0.25, 0.3) is 16.0 Å². The van der Waals surface area contributed by atoms with E-state index in [2.05, 4.69) is 15.1 Å². The lowest BCUT2D eigenvalue weighted by molar-refractivity contribution is -0.129. The molecule has 1 aromatic heterocycles. The summed E-state index contributed by atoms with van der Waals surface area (Å²) in [6.07, 6.45) is -0.286. The largest absolute Gasteiger partial charge is 0.507 e. The zero-order chi connectivity index (χ0) is 23.5. The topological polar surface area (TPSA) is 173 Å². The summed E-state index contributed by atoms with van der Waals surface area (Å²) in [5.74, 6) is -1.58. The van der Waals surface area contributed by atoms with Crippen molar-refractivity contribution >= 4 is 55.2 Å². The molecule has 1 aliphatic rings. The number of aromatic nitrogens is 2. The standard InChI is InChI=1S/C21H14N4O7S/c26-17-8-12(33(30,31)32)7-14-13(17)5-6-15-19(14)23-20(22-15)10-1-3-11(4-2-10)25-18(27)9-16(24-25)21(28)29/h1-8,26H,9H2,(H,22,23)(H,28,29)(H,30,31,32). The van der Waals surface area contributed by atoms with Crippen LogP contribution in [0.2, 0.25) is 0 Å². The first kappa shape index (κ1) is 20.6. The lowest BCUT2D eigenvalue weighted by Gasteiger charge is -2.11. The van der Waals surface area contributed by atoms with E-state index in [1.165, 1.54) is 6.07 Å². The van der Waals surface area contributed by atoms with Gasteiger partial charge in [-0.1, -0.05) is 0 Å². The van der Waals surface area contributed by atoms with Gasteiger partial charge in [0.15, 0.2) is 5.71 Å². The molecule has 1 amide bonds. The number of aromatic amines is 1. The van der Waals surface area contributed by atoms with Gasteiger partial charge in [-0.2, -0.15) is 18.5 Å². The highest BCUT2D eigenvalue weighted by Gasteiger charge is 2.29. The van der Waals surface area contributed by atoms with Gasteiger partial charge in [-0.15, -0.1) is 0 Å². The number of aromatic hydroxyl groups is 1. The Balaban J connectivity index is 1.57. The number of amides is 1. The van der Waals surface area contributed by atoms with Crippen LogP contribution < -0.4 is 5.01 Å². The smallest absolute Gasteiger partial charge is 0.352 e. The average molecular weight is 466 g/mol. The first-order valence-corrected chi connectivity index (χ1v) is 10.9. The minimum absolute atomic E-state index is 0.235. The molecule has 1 aliphatic heterocycles. The third kappa shape index (κ3) is 3.46. The summed E-state index contributed by atoms with van der Waals surface area (Å²) in [6, 6.07) is 12.0. The Kier molecular flexibility index (Phi) is 4.44. The first-order chi connectivity index (χ1) is 15.6. The van der Waals surface area contributed by atoms with Crippen LogP contribution in [-0.2, 0) is 19.7 Å². The van der Waals surface area contributed by atoms with E-state index in [0.29, 0.717) is 38.9 Å². The van der Waals surface area contributed by atoms with Crippen molar-refractivity contribution in [1.29, 1.82) is 0 Å². The molecule has 0 spiro atoms. The molecule has 4 aromatic rings. The van der Waals surface area contributed by atoms with E-state index in [1.807, 2.05) is 0 Å². The zero-order valence-corrected chi connectivity index (χ0v) is 17.4. The lowest BCUT2D eigenvalue weighted by atomic mass is 10.1. The second-order valence-electron chi connectivity index (χ2n) is 7.34. The van der Waals surface area contributed by atoms with Gasteiger partial charge in [0.2, 0.25) is 0 Å². The highest BCUT2D eigenvalue weighted by Crippen LogP contribution is 2.34. The Bertz CT molecular complexity index is 1620. The first-order valence-electron chi connectivity index (χ1n) is 9.49. The van der Waals surface area contributed by atoms with E-state index in [-0.39, 0.29) is 17.9 Å². The molecule has 0 unspecified atom stereocenters. The summed E-state index contributed by atoms with van der Waals surface area (Å²) in [4.78, 5) is 30.3. The molecule has 4 N–H and O–H groups in total. The zero-order valence-electron chi connectivity index (χ0n) is 16.6. The minimum Gasteiger partial charge on any atom is -0.507 e. The monoisotopic (exact) mass is 466 g/mol. The van der Waals surface area contributed by atoms with Crippen LogP contribution in [0.4, 0.5) is 5.69 Å². The second kappa shape index (κ2) is 7.12. The van der Waals surface area contributed by atoms with Crippen molar-refractivity contribution in [2.24, 2.45) is 5.10 Å². The molecular weight excluding hydrogens is 452 g/mol. The third-order valence-corrected chi connectivity index (χ3v) is 6.08. The van der Waals surface area contributed by atoms with Crippen molar-refractivity contribution in [2.75, 3.05) is 5.01 Å². The van der Waals surface area contributed by atoms with Crippen LogP contribution >= 0.6 is 0 Å². The fourth-order valence-electron chi connectivity index (χ4n) is 3.67. The Labute approximate surface area is 185 Å². The number of carboxylic acids is 1. The molecule has 11 nitrogen and oxygen atoms in total. The number of nitrogens with zero attached hydrogens (tertiary/aromatic N) is 3. The van der Waals surface area contributed by atoms with Crippen molar-refractivity contribution in [1.82, 2.24) is 9.97 Å². The Hall–Kier alpha value is -4.29. The third-order valence-electron chi connectivity index (χ3n) is 5.25. The number of hydrogen-bond donors (Lipinski definition) is 4. The van der Waals surface area contributed by atoms with Crippen LogP contribution in [0, 0.1) is 0 Å². The normalized spacial score (nSPS) is 14.3. The molecule has 166 valence electrons. The van der Waals surface area contributed by atoms with Gasteiger partial charge in [0.05, 0.1) is 28.0 Å². The summed E-state index contributed by atoms with van der Waals surface area (Å²) in [5, 5.41) is 24.8. The molecule has 0 radical (unpaired) electrons. The number of aliphatic carboxylic acids is 1. The molecule has 12 heteroatoms. The number of phenols is 1. The highest BCUT2D eigenvalue weighted by atomic mass is 32.2. The summed E-state index contributed by atoms with van der Waals surface area (Å²) < 4.78 is 32.5. The maximum atomic E-state index is 12.1. The number of hydrogen-bond acceptors (Lipinski definition) is 7. The Morgan fingerprint density at radius 1 is 1.06 bits per heavy atom. The molecule has 0 atom stereocenters. The molecule has 0 bridgehead atoms. The molecule has 3 aromatic carbocycles. The number of nitrogens with one attached hydrogen (secondary N) is 1.